The normalized spacial score (nSPS) is 12.7. The van der Waals surface area contributed by atoms with Crippen molar-refractivity contribution in [2.24, 2.45) is 0 Å². The summed E-state index contributed by atoms with van der Waals surface area (Å²) >= 11 is 0. The summed E-state index contributed by atoms with van der Waals surface area (Å²) < 4.78 is 32.3. The van der Waals surface area contributed by atoms with Gasteiger partial charge in [-0.1, -0.05) is 18.2 Å². The average Bonchev–Trinajstić information content (AvgIpc) is 3.60. The summed E-state index contributed by atoms with van der Waals surface area (Å²) in [4.78, 5) is 15.7. The van der Waals surface area contributed by atoms with E-state index in [1.807, 2.05) is 42.5 Å². The van der Waals surface area contributed by atoms with E-state index < -0.39 is 10.1 Å². The quantitative estimate of drug-likeness (QED) is 0.339. The van der Waals surface area contributed by atoms with Gasteiger partial charge in [0.2, 0.25) is 0 Å². The third-order valence-corrected chi connectivity index (χ3v) is 6.70. The van der Waals surface area contributed by atoms with E-state index in [0.717, 1.165) is 22.1 Å². The molecule has 3 aromatic heterocycles. The fraction of sp³-hybridized carbons (Fsp3) is 0. The maximum atomic E-state index is 13.4. The van der Waals surface area contributed by atoms with Gasteiger partial charge in [0.05, 0.1) is 22.8 Å². The molecule has 4 aromatic rings. The number of H-pyrrole nitrogens is 2. The number of para-hydroxylation sites is 1. The van der Waals surface area contributed by atoms with E-state index >= 15 is 0 Å². The second-order valence-corrected chi connectivity index (χ2v) is 9.34. The summed E-state index contributed by atoms with van der Waals surface area (Å²) in [5, 5.41) is 0. The zero-order chi connectivity index (χ0) is 23.1. The van der Waals surface area contributed by atoms with Crippen LogP contribution in [0.25, 0.3) is 46.4 Å². The minimum absolute atomic E-state index is 0.0876. The van der Waals surface area contributed by atoms with E-state index in [9.17, 15) is 8.42 Å². The van der Waals surface area contributed by atoms with Crippen LogP contribution in [0.4, 0.5) is 0 Å². The fourth-order valence-electron chi connectivity index (χ4n) is 3.88. The number of hydrogen-bond acceptors (Lipinski definition) is 5. The first-order valence-corrected chi connectivity index (χ1v) is 12.0. The minimum Gasteiger partial charge on any atom is -0.379 e. The van der Waals surface area contributed by atoms with Crippen molar-refractivity contribution in [3.05, 3.63) is 95.6 Å². The largest absolute Gasteiger partial charge is 0.379 e. The third kappa shape index (κ3) is 3.91. The first kappa shape index (κ1) is 20.2. The monoisotopic (exact) mass is 466 g/mol. The van der Waals surface area contributed by atoms with Gasteiger partial charge < -0.3 is 14.2 Å². The Kier molecular flexibility index (Phi) is 4.67. The predicted molar refractivity (Wildman–Crippen MR) is 133 cm³/mol. The summed E-state index contributed by atoms with van der Waals surface area (Å²) in [6, 6.07) is 21.9. The highest BCUT2D eigenvalue weighted by Gasteiger charge is 2.26. The van der Waals surface area contributed by atoms with Gasteiger partial charge in [0.15, 0.2) is 4.90 Å². The van der Waals surface area contributed by atoms with E-state index in [4.69, 9.17) is 4.18 Å². The van der Waals surface area contributed by atoms with E-state index in [-0.39, 0.29) is 22.0 Å². The minimum atomic E-state index is -4.23. The molecule has 0 radical (unpaired) electrons. The molecule has 2 N–H and O–H groups in total. The standard InChI is InChI=1S/C26H18N4O3S/c31-34(32,33-23-4-2-1-3-5-23)26-24-12-10-21(29-24)15-19-8-6-17(27-19)14-18-7-9-20(28-18)16-22-11-13-25(26)30-22/h1-16,27-28H. The molecule has 2 aliphatic heterocycles. The van der Waals surface area contributed by atoms with Gasteiger partial charge in [-0.2, -0.15) is 8.42 Å². The number of benzene rings is 1. The highest BCUT2D eigenvalue weighted by Crippen LogP contribution is 2.28. The molecule has 34 heavy (non-hydrogen) atoms. The van der Waals surface area contributed by atoms with Crippen LogP contribution in [0.15, 0.2) is 77.7 Å². The van der Waals surface area contributed by atoms with Gasteiger partial charge in [0, 0.05) is 22.1 Å². The Hall–Kier alpha value is -4.43. The van der Waals surface area contributed by atoms with Crippen LogP contribution in [0.1, 0.15) is 22.8 Å². The molecule has 0 spiro atoms. The van der Waals surface area contributed by atoms with E-state index in [0.29, 0.717) is 11.4 Å². The van der Waals surface area contributed by atoms with E-state index in [1.54, 1.807) is 54.6 Å². The number of hydrogen-bond donors (Lipinski definition) is 2. The Balaban J connectivity index is 1.65. The maximum Gasteiger partial charge on any atom is 0.343 e. The Labute approximate surface area is 195 Å². The van der Waals surface area contributed by atoms with Crippen LogP contribution < -0.4 is 4.18 Å². The fourth-order valence-corrected chi connectivity index (χ4v) is 5.07. The first-order valence-electron chi connectivity index (χ1n) is 10.6. The van der Waals surface area contributed by atoms with Crippen molar-refractivity contribution in [3.8, 4) is 5.75 Å². The number of rotatable bonds is 3. The Bertz CT molecular complexity index is 1660. The van der Waals surface area contributed by atoms with Gasteiger partial charge in [-0.05, 0) is 78.9 Å². The van der Waals surface area contributed by atoms with Gasteiger partial charge in [-0.3, -0.25) is 0 Å². The zero-order valence-corrected chi connectivity index (χ0v) is 18.6. The summed E-state index contributed by atoms with van der Waals surface area (Å²) in [6.45, 7) is 0. The average molecular weight is 467 g/mol. The topological polar surface area (TPSA) is 101 Å². The molecule has 0 amide bonds. The van der Waals surface area contributed by atoms with Crippen molar-refractivity contribution < 1.29 is 12.6 Å². The lowest BCUT2D eigenvalue weighted by Gasteiger charge is -2.08. The van der Waals surface area contributed by atoms with Gasteiger partial charge in [0.1, 0.15) is 5.75 Å². The molecular weight excluding hydrogens is 448 g/mol. The second kappa shape index (κ2) is 7.86. The Morgan fingerprint density at radius 2 is 1.12 bits per heavy atom. The van der Waals surface area contributed by atoms with Gasteiger partial charge in [0.25, 0.3) is 0 Å². The van der Waals surface area contributed by atoms with Crippen molar-refractivity contribution in [1.82, 2.24) is 19.9 Å². The number of nitrogens with one attached hydrogen (secondary N) is 2. The van der Waals surface area contributed by atoms with Crippen molar-refractivity contribution in [2.75, 3.05) is 0 Å². The lowest BCUT2D eigenvalue weighted by Crippen LogP contribution is -2.13. The SMILES string of the molecule is O=S(=O)(Oc1ccccc1)c1c2nc(cc3ccc(cc4ccc(cc5nc1C=C5)[nH]4)[nH]3)C=C2. The molecule has 0 saturated heterocycles. The lowest BCUT2D eigenvalue weighted by molar-refractivity contribution is 0.485. The highest BCUT2D eigenvalue weighted by atomic mass is 32.2. The van der Waals surface area contributed by atoms with Crippen molar-refractivity contribution in [2.45, 2.75) is 4.90 Å². The molecule has 0 unspecified atom stereocenters. The van der Waals surface area contributed by atoms with Crippen LogP contribution >= 0.6 is 0 Å². The molecular formula is C26H18N4O3S. The van der Waals surface area contributed by atoms with Crippen molar-refractivity contribution >= 4 is 56.5 Å². The summed E-state index contributed by atoms with van der Waals surface area (Å²) in [7, 11) is -4.23. The molecule has 0 fully saturated rings. The van der Waals surface area contributed by atoms with Gasteiger partial charge >= 0.3 is 10.1 Å². The number of fused-ring (bicyclic) bond motifs is 8. The number of aromatic nitrogens is 4. The van der Waals surface area contributed by atoms with E-state index in [1.165, 1.54) is 0 Å². The molecule has 0 saturated carbocycles. The summed E-state index contributed by atoms with van der Waals surface area (Å²) in [5.41, 5.74) is 5.31. The van der Waals surface area contributed by atoms with Gasteiger partial charge in [-0.25, -0.2) is 9.97 Å². The molecule has 7 nitrogen and oxygen atoms in total. The van der Waals surface area contributed by atoms with E-state index in [2.05, 4.69) is 19.9 Å². The van der Waals surface area contributed by atoms with Crippen LogP contribution in [-0.2, 0) is 10.1 Å². The van der Waals surface area contributed by atoms with Gasteiger partial charge in [-0.15, -0.1) is 0 Å². The summed E-state index contributed by atoms with van der Waals surface area (Å²) in [6.07, 6.45) is 6.86. The summed E-state index contributed by atoms with van der Waals surface area (Å²) in [5.74, 6) is 0.216. The van der Waals surface area contributed by atoms with Crippen LogP contribution in [0, 0.1) is 0 Å². The molecule has 8 heteroatoms. The molecule has 1 aromatic carbocycles. The van der Waals surface area contributed by atoms with Crippen LogP contribution in [0.2, 0.25) is 0 Å². The number of nitrogens with zero attached hydrogens (tertiary/aromatic N) is 2. The second-order valence-electron chi connectivity index (χ2n) is 7.86. The first-order chi connectivity index (χ1) is 16.5. The Morgan fingerprint density at radius 1 is 0.618 bits per heavy atom. The molecule has 5 heterocycles. The van der Waals surface area contributed by atoms with Crippen molar-refractivity contribution in [1.29, 1.82) is 0 Å². The smallest absolute Gasteiger partial charge is 0.343 e. The van der Waals surface area contributed by atoms with Crippen LogP contribution in [0.3, 0.4) is 0 Å². The molecule has 0 aliphatic carbocycles. The molecule has 166 valence electrons. The highest BCUT2D eigenvalue weighted by molar-refractivity contribution is 7.87. The third-order valence-electron chi connectivity index (χ3n) is 5.37. The maximum absolute atomic E-state index is 13.4. The molecule has 6 rings (SSSR count). The zero-order valence-electron chi connectivity index (χ0n) is 17.8. The van der Waals surface area contributed by atoms with Crippen LogP contribution in [0.5, 0.6) is 5.75 Å². The molecule has 0 atom stereocenters. The lowest BCUT2D eigenvalue weighted by atomic mass is 10.3. The molecule has 8 bridgehead atoms. The molecule has 2 aliphatic rings. The van der Waals surface area contributed by atoms with Crippen LogP contribution in [-0.4, -0.2) is 28.4 Å². The van der Waals surface area contributed by atoms with Crippen molar-refractivity contribution in [3.63, 3.8) is 0 Å². The predicted octanol–water partition coefficient (Wildman–Crippen LogP) is 5.42. The number of aromatic amines is 2. The Morgan fingerprint density at radius 3 is 1.65 bits per heavy atom.